The van der Waals surface area contributed by atoms with Gasteiger partial charge in [-0.1, -0.05) is 0 Å². The van der Waals surface area contributed by atoms with Crippen LogP contribution >= 0.6 is 0 Å². The van der Waals surface area contributed by atoms with E-state index in [2.05, 4.69) is 35.3 Å². The Bertz CT molecular complexity index is 655. The molecule has 0 saturated carbocycles. The largest absolute Gasteiger partial charge is 0.354 e. The summed E-state index contributed by atoms with van der Waals surface area (Å²) in [6, 6.07) is 4.42. The molecule has 2 fully saturated rings. The SMILES string of the molecule is c1cnnc(N2CCC[C@H](NCc3cnc(N4CCCC4)nc3)C2)c1. The van der Waals surface area contributed by atoms with Crippen LogP contribution in [0.15, 0.2) is 30.7 Å². The van der Waals surface area contributed by atoms with Crippen LogP contribution in [0.4, 0.5) is 11.8 Å². The summed E-state index contributed by atoms with van der Waals surface area (Å²) in [5.74, 6) is 1.83. The molecule has 2 saturated heterocycles. The second-order valence-corrected chi connectivity index (χ2v) is 6.83. The average Bonchev–Trinajstić information content (AvgIpc) is 3.23. The van der Waals surface area contributed by atoms with Gasteiger partial charge in [-0.2, -0.15) is 5.10 Å². The molecule has 1 atom stereocenters. The van der Waals surface area contributed by atoms with Gasteiger partial charge in [-0.3, -0.25) is 0 Å². The van der Waals surface area contributed by atoms with Crippen LogP contribution in [0.3, 0.4) is 0 Å². The minimum absolute atomic E-state index is 0.453. The first kappa shape index (κ1) is 16.2. The average molecular weight is 339 g/mol. The van der Waals surface area contributed by atoms with Gasteiger partial charge in [0.2, 0.25) is 5.95 Å². The van der Waals surface area contributed by atoms with Gasteiger partial charge < -0.3 is 15.1 Å². The van der Waals surface area contributed by atoms with Gasteiger partial charge in [-0.15, -0.1) is 5.10 Å². The minimum atomic E-state index is 0.453. The van der Waals surface area contributed by atoms with Crippen molar-refractivity contribution in [3.8, 4) is 0 Å². The Morgan fingerprint density at radius 3 is 2.60 bits per heavy atom. The van der Waals surface area contributed by atoms with Crippen LogP contribution in [-0.4, -0.2) is 52.4 Å². The maximum Gasteiger partial charge on any atom is 0.225 e. The Labute approximate surface area is 148 Å². The topological polar surface area (TPSA) is 70.1 Å². The van der Waals surface area contributed by atoms with Crippen molar-refractivity contribution in [2.24, 2.45) is 0 Å². The Morgan fingerprint density at radius 2 is 1.84 bits per heavy atom. The van der Waals surface area contributed by atoms with Gasteiger partial charge in [0.15, 0.2) is 5.82 Å². The molecule has 2 aliphatic heterocycles. The first-order valence-corrected chi connectivity index (χ1v) is 9.20. The summed E-state index contributed by atoms with van der Waals surface area (Å²) in [6.45, 7) is 4.98. The molecule has 0 aromatic carbocycles. The van der Waals surface area contributed by atoms with E-state index in [1.165, 1.54) is 25.7 Å². The number of anilines is 2. The van der Waals surface area contributed by atoms with Crippen molar-refractivity contribution in [2.75, 3.05) is 36.0 Å². The lowest BCUT2D eigenvalue weighted by Crippen LogP contribution is -2.45. The van der Waals surface area contributed by atoms with Crippen LogP contribution in [0.5, 0.6) is 0 Å². The van der Waals surface area contributed by atoms with Gasteiger partial charge in [0.1, 0.15) is 0 Å². The van der Waals surface area contributed by atoms with Gasteiger partial charge in [0.25, 0.3) is 0 Å². The van der Waals surface area contributed by atoms with Gasteiger partial charge >= 0.3 is 0 Å². The summed E-state index contributed by atoms with van der Waals surface area (Å²) in [5, 5.41) is 11.9. The lowest BCUT2D eigenvalue weighted by Gasteiger charge is -2.33. The van der Waals surface area contributed by atoms with E-state index in [0.717, 1.165) is 50.1 Å². The number of hydrogen-bond donors (Lipinski definition) is 1. The summed E-state index contributed by atoms with van der Waals surface area (Å²) in [6.07, 6.45) is 10.5. The van der Waals surface area contributed by atoms with Gasteiger partial charge in [0.05, 0.1) is 0 Å². The third-order valence-electron chi connectivity index (χ3n) is 4.98. The fourth-order valence-corrected chi connectivity index (χ4v) is 3.60. The highest BCUT2D eigenvalue weighted by Crippen LogP contribution is 2.18. The number of piperidine rings is 1. The zero-order valence-electron chi connectivity index (χ0n) is 14.5. The number of nitrogens with one attached hydrogen (secondary N) is 1. The van der Waals surface area contributed by atoms with Crippen molar-refractivity contribution in [3.05, 3.63) is 36.3 Å². The maximum absolute atomic E-state index is 4.53. The Hall–Kier alpha value is -2.28. The Morgan fingerprint density at radius 1 is 1.04 bits per heavy atom. The van der Waals surface area contributed by atoms with E-state index in [-0.39, 0.29) is 0 Å². The van der Waals surface area contributed by atoms with Crippen molar-refractivity contribution in [1.29, 1.82) is 0 Å². The molecule has 132 valence electrons. The molecule has 7 heteroatoms. The summed E-state index contributed by atoms with van der Waals surface area (Å²) in [5.41, 5.74) is 1.14. The molecule has 2 aliphatic rings. The van der Waals surface area contributed by atoms with Crippen molar-refractivity contribution in [3.63, 3.8) is 0 Å². The zero-order chi connectivity index (χ0) is 16.9. The van der Waals surface area contributed by atoms with E-state index < -0.39 is 0 Å². The predicted molar refractivity (Wildman–Crippen MR) is 97.6 cm³/mol. The summed E-state index contributed by atoms with van der Waals surface area (Å²) >= 11 is 0. The predicted octanol–water partition coefficient (Wildman–Crippen LogP) is 1.63. The van der Waals surface area contributed by atoms with E-state index in [1.54, 1.807) is 6.20 Å². The monoisotopic (exact) mass is 339 g/mol. The van der Waals surface area contributed by atoms with Crippen molar-refractivity contribution >= 4 is 11.8 Å². The first-order valence-electron chi connectivity index (χ1n) is 9.20. The standard InChI is InChI=1S/C18H25N7/c1-2-9-24(8-1)18-20-12-15(13-21-18)11-19-16-5-4-10-25(14-16)17-6-3-7-22-23-17/h3,6-7,12-13,16,19H,1-2,4-5,8-11,14H2/t16-/m0/s1. The summed E-state index contributed by atoms with van der Waals surface area (Å²) in [4.78, 5) is 13.6. The van der Waals surface area contributed by atoms with E-state index in [9.17, 15) is 0 Å². The molecule has 25 heavy (non-hydrogen) atoms. The van der Waals surface area contributed by atoms with Crippen molar-refractivity contribution in [2.45, 2.75) is 38.3 Å². The molecule has 0 radical (unpaired) electrons. The van der Waals surface area contributed by atoms with Crippen LogP contribution in [-0.2, 0) is 6.54 Å². The zero-order valence-corrected chi connectivity index (χ0v) is 14.5. The maximum atomic E-state index is 4.53. The van der Waals surface area contributed by atoms with Crippen molar-refractivity contribution < 1.29 is 0 Å². The highest BCUT2D eigenvalue weighted by Gasteiger charge is 2.21. The molecule has 2 aromatic rings. The Balaban J connectivity index is 1.30. The molecular formula is C18H25N7. The highest BCUT2D eigenvalue weighted by molar-refractivity contribution is 5.37. The minimum Gasteiger partial charge on any atom is -0.354 e. The smallest absolute Gasteiger partial charge is 0.225 e. The van der Waals surface area contributed by atoms with Crippen molar-refractivity contribution in [1.82, 2.24) is 25.5 Å². The van der Waals surface area contributed by atoms with E-state index >= 15 is 0 Å². The highest BCUT2D eigenvalue weighted by atomic mass is 15.3. The van der Waals surface area contributed by atoms with Crippen LogP contribution in [0.2, 0.25) is 0 Å². The molecule has 0 unspecified atom stereocenters. The lowest BCUT2D eigenvalue weighted by atomic mass is 10.1. The van der Waals surface area contributed by atoms with E-state index in [1.807, 2.05) is 24.5 Å². The molecule has 2 aromatic heterocycles. The number of nitrogens with zero attached hydrogens (tertiary/aromatic N) is 6. The second-order valence-electron chi connectivity index (χ2n) is 6.83. The Kier molecular flexibility index (Phi) is 5.01. The molecule has 0 aliphatic carbocycles. The number of aromatic nitrogens is 4. The van der Waals surface area contributed by atoms with Gasteiger partial charge in [-0.25, -0.2) is 9.97 Å². The normalized spacial score (nSPS) is 20.9. The molecular weight excluding hydrogens is 314 g/mol. The molecule has 1 N–H and O–H groups in total. The van der Waals surface area contributed by atoms with Crippen LogP contribution in [0.1, 0.15) is 31.2 Å². The lowest BCUT2D eigenvalue weighted by molar-refractivity contribution is 0.419. The second kappa shape index (κ2) is 7.74. The third-order valence-corrected chi connectivity index (χ3v) is 4.98. The van der Waals surface area contributed by atoms with Crippen LogP contribution in [0.25, 0.3) is 0 Å². The molecule has 7 nitrogen and oxygen atoms in total. The number of hydrogen-bond acceptors (Lipinski definition) is 7. The first-order chi connectivity index (χ1) is 12.4. The van der Waals surface area contributed by atoms with Crippen LogP contribution < -0.4 is 15.1 Å². The quantitative estimate of drug-likeness (QED) is 0.888. The fraction of sp³-hybridized carbons (Fsp3) is 0.556. The van der Waals surface area contributed by atoms with E-state index in [0.29, 0.717) is 6.04 Å². The molecule has 0 bridgehead atoms. The third kappa shape index (κ3) is 4.04. The fourth-order valence-electron chi connectivity index (χ4n) is 3.60. The molecule has 4 rings (SSSR count). The summed E-state index contributed by atoms with van der Waals surface area (Å²) in [7, 11) is 0. The molecule has 0 spiro atoms. The van der Waals surface area contributed by atoms with Gasteiger partial charge in [-0.05, 0) is 37.8 Å². The summed E-state index contributed by atoms with van der Waals surface area (Å²) < 4.78 is 0. The van der Waals surface area contributed by atoms with Crippen LogP contribution in [0, 0.1) is 0 Å². The molecule has 4 heterocycles. The molecule has 0 amide bonds. The van der Waals surface area contributed by atoms with Gasteiger partial charge in [0, 0.05) is 62.9 Å². The number of rotatable bonds is 5. The van der Waals surface area contributed by atoms with E-state index in [4.69, 9.17) is 0 Å².